The number of aromatic nitrogens is 2. The standard InChI is InChI=1S/C23H19FN2O3S2/c1-30-22-10-8-19(14-20(22)24)31(28,29)18-6-2-16(3-7-18)4-9-21(27)17-5-11-23-25-12-13-26(23)15-17/h2-3,5-8,10-15H,4,9H2,1H3. The first-order valence-corrected chi connectivity index (χ1v) is 12.2. The van der Waals surface area contributed by atoms with E-state index in [1.807, 2.05) is 0 Å². The average Bonchev–Trinajstić information content (AvgIpc) is 3.25. The molecule has 2 heterocycles. The maximum Gasteiger partial charge on any atom is 0.206 e. The fourth-order valence-electron chi connectivity index (χ4n) is 3.27. The van der Waals surface area contributed by atoms with Gasteiger partial charge in [0.05, 0.1) is 9.79 Å². The molecule has 0 unspecified atom stereocenters. The number of carbonyl (C=O) groups is 1. The van der Waals surface area contributed by atoms with Crippen LogP contribution in [0, 0.1) is 5.82 Å². The Morgan fingerprint density at radius 3 is 2.52 bits per heavy atom. The van der Waals surface area contributed by atoms with Gasteiger partial charge in [0.15, 0.2) is 5.78 Å². The van der Waals surface area contributed by atoms with E-state index < -0.39 is 15.7 Å². The first-order valence-electron chi connectivity index (χ1n) is 9.52. The number of sulfone groups is 1. The molecule has 0 fully saturated rings. The Kier molecular flexibility index (Phi) is 5.93. The first-order chi connectivity index (χ1) is 14.9. The molecule has 0 N–H and O–H groups in total. The second-order valence-electron chi connectivity index (χ2n) is 6.98. The predicted octanol–water partition coefficient (Wildman–Crippen LogP) is 4.84. The number of rotatable bonds is 7. The van der Waals surface area contributed by atoms with Gasteiger partial charge >= 0.3 is 0 Å². The van der Waals surface area contributed by atoms with Crippen molar-refractivity contribution < 1.29 is 17.6 Å². The summed E-state index contributed by atoms with van der Waals surface area (Å²) in [5.41, 5.74) is 2.22. The topological polar surface area (TPSA) is 68.5 Å². The lowest BCUT2D eigenvalue weighted by Gasteiger charge is -2.08. The Labute approximate surface area is 183 Å². The van der Waals surface area contributed by atoms with Gasteiger partial charge in [0, 0.05) is 35.5 Å². The molecular formula is C23H19FN2O3S2. The third kappa shape index (κ3) is 4.40. The molecule has 4 rings (SSSR count). The summed E-state index contributed by atoms with van der Waals surface area (Å²) in [6.45, 7) is 0. The van der Waals surface area contributed by atoms with E-state index in [4.69, 9.17) is 0 Å². The second kappa shape index (κ2) is 8.64. The van der Waals surface area contributed by atoms with Gasteiger partial charge in [-0.1, -0.05) is 12.1 Å². The molecule has 31 heavy (non-hydrogen) atoms. The van der Waals surface area contributed by atoms with Gasteiger partial charge in [-0.2, -0.15) is 0 Å². The fourth-order valence-corrected chi connectivity index (χ4v) is 5.00. The lowest BCUT2D eigenvalue weighted by atomic mass is 10.0. The zero-order chi connectivity index (χ0) is 22.0. The van der Waals surface area contributed by atoms with Gasteiger partial charge < -0.3 is 4.40 Å². The highest BCUT2D eigenvalue weighted by Crippen LogP contribution is 2.26. The van der Waals surface area contributed by atoms with Crippen molar-refractivity contribution in [2.45, 2.75) is 27.5 Å². The zero-order valence-corrected chi connectivity index (χ0v) is 18.3. The summed E-state index contributed by atoms with van der Waals surface area (Å²) in [7, 11) is -3.82. The smallest absolute Gasteiger partial charge is 0.206 e. The molecule has 0 amide bonds. The number of nitrogens with zero attached hydrogens (tertiary/aromatic N) is 2. The maximum atomic E-state index is 14.0. The lowest BCUT2D eigenvalue weighted by Crippen LogP contribution is -2.04. The van der Waals surface area contributed by atoms with Crippen LogP contribution in [0.1, 0.15) is 22.3 Å². The van der Waals surface area contributed by atoms with Crippen molar-refractivity contribution >= 4 is 33.0 Å². The molecular weight excluding hydrogens is 435 g/mol. The van der Waals surface area contributed by atoms with Gasteiger partial charge in [0.25, 0.3) is 0 Å². The molecule has 0 aliphatic carbocycles. The highest BCUT2D eigenvalue weighted by Gasteiger charge is 2.19. The van der Waals surface area contributed by atoms with Crippen LogP contribution >= 0.6 is 11.8 Å². The van der Waals surface area contributed by atoms with E-state index in [2.05, 4.69) is 4.98 Å². The average molecular weight is 455 g/mol. The first kappa shape index (κ1) is 21.3. The van der Waals surface area contributed by atoms with Gasteiger partial charge in [-0.15, -0.1) is 11.8 Å². The van der Waals surface area contributed by atoms with E-state index in [1.165, 1.54) is 36.0 Å². The minimum absolute atomic E-state index is 0.00310. The van der Waals surface area contributed by atoms with E-state index in [-0.39, 0.29) is 15.6 Å². The predicted molar refractivity (Wildman–Crippen MR) is 118 cm³/mol. The number of imidazole rings is 1. The highest BCUT2D eigenvalue weighted by molar-refractivity contribution is 7.98. The number of thioether (sulfide) groups is 1. The largest absolute Gasteiger partial charge is 0.306 e. The molecule has 8 heteroatoms. The Balaban J connectivity index is 1.46. The van der Waals surface area contributed by atoms with Crippen LogP contribution in [0.5, 0.6) is 0 Å². The third-order valence-corrected chi connectivity index (χ3v) is 7.56. The van der Waals surface area contributed by atoms with Crippen molar-refractivity contribution in [2.24, 2.45) is 0 Å². The summed E-state index contributed by atoms with van der Waals surface area (Å²) in [6, 6.07) is 13.8. The molecule has 0 spiro atoms. The van der Waals surface area contributed by atoms with Gasteiger partial charge in [-0.25, -0.2) is 17.8 Å². The number of ketones is 1. The minimum Gasteiger partial charge on any atom is -0.306 e. The van der Waals surface area contributed by atoms with Gasteiger partial charge in [0.1, 0.15) is 11.5 Å². The number of hydrogen-bond acceptors (Lipinski definition) is 5. The molecule has 158 valence electrons. The number of hydrogen-bond donors (Lipinski definition) is 0. The van der Waals surface area contributed by atoms with Crippen LogP contribution < -0.4 is 0 Å². The Hall–Kier alpha value is -2.97. The van der Waals surface area contributed by atoms with Gasteiger partial charge in [0.2, 0.25) is 9.84 Å². The zero-order valence-electron chi connectivity index (χ0n) is 16.7. The molecule has 0 atom stereocenters. The van der Waals surface area contributed by atoms with Gasteiger partial charge in [-0.05, 0) is 60.7 Å². The Bertz CT molecular complexity index is 1360. The molecule has 5 nitrogen and oxygen atoms in total. The van der Waals surface area contributed by atoms with Crippen LogP contribution in [0.25, 0.3) is 5.65 Å². The van der Waals surface area contributed by atoms with Crippen molar-refractivity contribution in [2.75, 3.05) is 6.26 Å². The SMILES string of the molecule is CSc1ccc(S(=O)(=O)c2ccc(CCC(=O)c3ccc4nccn4c3)cc2)cc1F. The molecule has 2 aromatic heterocycles. The summed E-state index contributed by atoms with van der Waals surface area (Å²) in [5, 5.41) is 0. The minimum atomic E-state index is -3.82. The van der Waals surface area contributed by atoms with Crippen LogP contribution in [-0.4, -0.2) is 29.8 Å². The number of carbonyl (C=O) groups excluding carboxylic acids is 1. The summed E-state index contributed by atoms with van der Waals surface area (Å²) in [5.74, 6) is -0.561. The highest BCUT2D eigenvalue weighted by atomic mass is 32.2. The van der Waals surface area contributed by atoms with Crippen molar-refractivity contribution in [3.63, 3.8) is 0 Å². The van der Waals surface area contributed by atoms with Crippen molar-refractivity contribution in [1.29, 1.82) is 0 Å². The van der Waals surface area contributed by atoms with E-state index in [0.717, 1.165) is 17.3 Å². The number of benzene rings is 2. The monoisotopic (exact) mass is 454 g/mol. The maximum absolute atomic E-state index is 14.0. The number of pyridine rings is 1. The Morgan fingerprint density at radius 2 is 1.81 bits per heavy atom. The molecule has 0 aliphatic heterocycles. The molecule has 2 aromatic carbocycles. The normalized spacial score (nSPS) is 11.7. The number of halogens is 1. The molecule has 0 radical (unpaired) electrons. The van der Waals surface area contributed by atoms with E-state index in [9.17, 15) is 17.6 Å². The number of aryl methyl sites for hydroxylation is 1. The van der Waals surface area contributed by atoms with Crippen LogP contribution in [0.4, 0.5) is 4.39 Å². The van der Waals surface area contributed by atoms with Crippen molar-refractivity contribution in [1.82, 2.24) is 9.38 Å². The second-order valence-corrected chi connectivity index (χ2v) is 9.78. The summed E-state index contributed by atoms with van der Waals surface area (Å²) >= 11 is 1.22. The molecule has 0 bridgehead atoms. The van der Waals surface area contributed by atoms with Crippen LogP contribution in [0.2, 0.25) is 0 Å². The molecule has 0 saturated heterocycles. The fraction of sp³-hybridized carbons (Fsp3) is 0.130. The summed E-state index contributed by atoms with van der Waals surface area (Å²) < 4.78 is 41.4. The molecule has 0 aliphatic rings. The van der Waals surface area contributed by atoms with E-state index in [0.29, 0.717) is 23.3 Å². The van der Waals surface area contributed by atoms with E-state index >= 15 is 0 Å². The van der Waals surface area contributed by atoms with Gasteiger partial charge in [-0.3, -0.25) is 4.79 Å². The van der Waals surface area contributed by atoms with Crippen molar-refractivity contribution in [3.8, 4) is 0 Å². The lowest BCUT2D eigenvalue weighted by molar-refractivity contribution is 0.0982. The number of fused-ring (bicyclic) bond motifs is 1. The van der Waals surface area contributed by atoms with Crippen LogP contribution in [0.3, 0.4) is 0 Å². The number of Topliss-reactive ketones (excluding diaryl/α,β-unsaturated/α-hetero) is 1. The quantitative estimate of drug-likeness (QED) is 0.295. The van der Waals surface area contributed by atoms with Crippen LogP contribution in [-0.2, 0) is 16.3 Å². The van der Waals surface area contributed by atoms with Crippen LogP contribution in [0.15, 0.2) is 87.9 Å². The van der Waals surface area contributed by atoms with Crippen molar-refractivity contribution in [3.05, 3.63) is 90.1 Å². The van der Waals surface area contributed by atoms with E-state index in [1.54, 1.807) is 53.5 Å². The summed E-state index contributed by atoms with van der Waals surface area (Å²) in [6.07, 6.45) is 7.72. The third-order valence-electron chi connectivity index (χ3n) is 5.02. The summed E-state index contributed by atoms with van der Waals surface area (Å²) in [4.78, 5) is 17.1. The molecule has 4 aromatic rings. The molecule has 0 saturated carbocycles. The Morgan fingerprint density at radius 1 is 1.06 bits per heavy atom.